The van der Waals surface area contributed by atoms with E-state index >= 15 is 0 Å². The molecule has 1 unspecified atom stereocenters. The SMILES string of the molecule is CCC(NC)C(=O)c1c(C)cc(C(C)(C)C)cc1C. The van der Waals surface area contributed by atoms with Gasteiger partial charge in [-0.25, -0.2) is 0 Å². The zero-order valence-electron chi connectivity index (χ0n) is 13.3. The van der Waals surface area contributed by atoms with Crippen molar-refractivity contribution in [1.82, 2.24) is 5.32 Å². The van der Waals surface area contributed by atoms with Crippen LogP contribution < -0.4 is 5.32 Å². The maximum absolute atomic E-state index is 12.5. The van der Waals surface area contributed by atoms with Crippen molar-refractivity contribution < 1.29 is 4.79 Å². The van der Waals surface area contributed by atoms with E-state index in [0.717, 1.165) is 23.1 Å². The van der Waals surface area contributed by atoms with E-state index in [1.807, 2.05) is 27.8 Å². The van der Waals surface area contributed by atoms with Gasteiger partial charge in [0.25, 0.3) is 0 Å². The van der Waals surface area contributed by atoms with Crippen molar-refractivity contribution in [2.45, 2.75) is 59.4 Å². The van der Waals surface area contributed by atoms with Crippen molar-refractivity contribution in [3.63, 3.8) is 0 Å². The fourth-order valence-corrected chi connectivity index (χ4v) is 2.48. The van der Waals surface area contributed by atoms with Crippen LogP contribution in [0.5, 0.6) is 0 Å². The first-order valence-electron chi connectivity index (χ1n) is 7.05. The number of aryl methyl sites for hydroxylation is 2. The molecule has 2 heteroatoms. The number of hydrogen-bond acceptors (Lipinski definition) is 2. The Morgan fingerprint density at radius 2 is 1.68 bits per heavy atom. The predicted molar refractivity (Wildman–Crippen MR) is 82.1 cm³/mol. The van der Waals surface area contributed by atoms with Crippen molar-refractivity contribution >= 4 is 5.78 Å². The normalized spacial score (nSPS) is 13.4. The Kier molecular flexibility index (Phi) is 4.92. The summed E-state index contributed by atoms with van der Waals surface area (Å²) in [6, 6.07) is 4.23. The van der Waals surface area contributed by atoms with Crippen LogP contribution in [0.3, 0.4) is 0 Å². The summed E-state index contributed by atoms with van der Waals surface area (Å²) >= 11 is 0. The fourth-order valence-electron chi connectivity index (χ4n) is 2.48. The first kappa shape index (κ1) is 15.9. The van der Waals surface area contributed by atoms with E-state index in [0.29, 0.717) is 0 Å². The third-order valence-electron chi connectivity index (χ3n) is 3.72. The van der Waals surface area contributed by atoms with Crippen LogP contribution in [-0.2, 0) is 5.41 Å². The Hall–Kier alpha value is -1.15. The fraction of sp³-hybridized carbons (Fsp3) is 0.588. The van der Waals surface area contributed by atoms with Crippen LogP contribution >= 0.6 is 0 Å². The molecule has 0 amide bonds. The highest BCUT2D eigenvalue weighted by molar-refractivity contribution is 6.02. The van der Waals surface area contributed by atoms with Gasteiger partial charge in [0.2, 0.25) is 0 Å². The summed E-state index contributed by atoms with van der Waals surface area (Å²) in [5.41, 5.74) is 4.46. The lowest BCUT2D eigenvalue weighted by molar-refractivity contribution is 0.0943. The van der Waals surface area contributed by atoms with E-state index in [1.165, 1.54) is 5.56 Å². The van der Waals surface area contributed by atoms with E-state index in [1.54, 1.807) is 0 Å². The molecule has 106 valence electrons. The van der Waals surface area contributed by atoms with Gasteiger partial charge < -0.3 is 5.32 Å². The van der Waals surface area contributed by atoms with E-state index < -0.39 is 0 Å². The third kappa shape index (κ3) is 3.44. The predicted octanol–water partition coefficient (Wildman–Crippen LogP) is 3.78. The summed E-state index contributed by atoms with van der Waals surface area (Å²) < 4.78 is 0. The number of ketones is 1. The Balaban J connectivity index is 3.28. The lowest BCUT2D eigenvalue weighted by Gasteiger charge is -2.23. The first-order valence-corrected chi connectivity index (χ1v) is 7.05. The van der Waals surface area contributed by atoms with Crippen LogP contribution in [0.25, 0.3) is 0 Å². The molecule has 0 saturated heterocycles. The van der Waals surface area contributed by atoms with Crippen LogP contribution in [0, 0.1) is 13.8 Å². The van der Waals surface area contributed by atoms with Gasteiger partial charge in [-0.1, -0.05) is 39.8 Å². The van der Waals surface area contributed by atoms with Gasteiger partial charge in [0.15, 0.2) is 5.78 Å². The molecular formula is C17H27NO. The number of Topliss-reactive ketones (excluding diaryl/α,β-unsaturated/α-hetero) is 1. The molecule has 0 aliphatic carbocycles. The van der Waals surface area contributed by atoms with Crippen molar-refractivity contribution in [3.05, 3.63) is 34.4 Å². The van der Waals surface area contributed by atoms with Gasteiger partial charge in [-0.15, -0.1) is 0 Å². The molecule has 1 atom stereocenters. The molecule has 0 aliphatic heterocycles. The molecule has 0 aromatic heterocycles. The minimum absolute atomic E-state index is 0.0853. The van der Waals surface area contributed by atoms with Gasteiger partial charge in [0.1, 0.15) is 0 Å². The van der Waals surface area contributed by atoms with E-state index in [2.05, 4.69) is 38.2 Å². The highest BCUT2D eigenvalue weighted by atomic mass is 16.1. The summed E-state index contributed by atoms with van der Waals surface area (Å²) in [7, 11) is 1.85. The van der Waals surface area contributed by atoms with Crippen LogP contribution in [0.4, 0.5) is 0 Å². The minimum Gasteiger partial charge on any atom is -0.310 e. The molecule has 0 saturated carbocycles. The average Bonchev–Trinajstić information content (AvgIpc) is 2.28. The number of rotatable bonds is 4. The minimum atomic E-state index is -0.0853. The summed E-state index contributed by atoms with van der Waals surface area (Å²) in [6.07, 6.45) is 0.815. The van der Waals surface area contributed by atoms with Crippen molar-refractivity contribution in [2.24, 2.45) is 0 Å². The Labute approximate surface area is 117 Å². The second-order valence-electron chi connectivity index (χ2n) is 6.35. The van der Waals surface area contributed by atoms with Crippen molar-refractivity contribution in [3.8, 4) is 0 Å². The zero-order chi connectivity index (χ0) is 14.8. The quantitative estimate of drug-likeness (QED) is 0.836. The average molecular weight is 261 g/mol. The van der Waals surface area contributed by atoms with Gasteiger partial charge in [-0.2, -0.15) is 0 Å². The zero-order valence-corrected chi connectivity index (χ0v) is 13.3. The number of hydrogen-bond donors (Lipinski definition) is 1. The smallest absolute Gasteiger partial charge is 0.180 e. The molecule has 1 N–H and O–H groups in total. The maximum Gasteiger partial charge on any atom is 0.180 e. The second-order valence-corrected chi connectivity index (χ2v) is 6.35. The van der Waals surface area contributed by atoms with E-state index in [-0.39, 0.29) is 17.2 Å². The number of carbonyl (C=O) groups excluding carboxylic acids is 1. The molecule has 1 aromatic rings. The summed E-state index contributed by atoms with van der Waals surface area (Å²) in [5.74, 6) is 0.209. The van der Waals surface area contributed by atoms with Crippen LogP contribution in [0.1, 0.15) is 61.2 Å². The molecule has 1 rings (SSSR count). The highest BCUT2D eigenvalue weighted by Gasteiger charge is 2.22. The molecular weight excluding hydrogens is 234 g/mol. The largest absolute Gasteiger partial charge is 0.310 e. The van der Waals surface area contributed by atoms with Crippen LogP contribution in [-0.4, -0.2) is 18.9 Å². The number of carbonyl (C=O) groups is 1. The third-order valence-corrected chi connectivity index (χ3v) is 3.72. The van der Waals surface area contributed by atoms with Gasteiger partial charge in [0.05, 0.1) is 6.04 Å². The molecule has 0 aliphatic rings. The van der Waals surface area contributed by atoms with Crippen LogP contribution in [0.15, 0.2) is 12.1 Å². The van der Waals surface area contributed by atoms with Gasteiger partial charge in [0, 0.05) is 5.56 Å². The first-order chi connectivity index (χ1) is 8.72. The Morgan fingerprint density at radius 3 is 2.00 bits per heavy atom. The molecule has 19 heavy (non-hydrogen) atoms. The van der Waals surface area contributed by atoms with Crippen LogP contribution in [0.2, 0.25) is 0 Å². The molecule has 0 radical (unpaired) electrons. The van der Waals surface area contributed by atoms with E-state index in [4.69, 9.17) is 0 Å². The lowest BCUT2D eigenvalue weighted by Crippen LogP contribution is -2.34. The molecule has 0 spiro atoms. The number of benzene rings is 1. The summed E-state index contributed by atoms with van der Waals surface area (Å²) in [4.78, 5) is 12.5. The molecule has 1 aromatic carbocycles. The maximum atomic E-state index is 12.5. The molecule has 2 nitrogen and oxygen atoms in total. The van der Waals surface area contributed by atoms with Crippen molar-refractivity contribution in [2.75, 3.05) is 7.05 Å². The monoisotopic (exact) mass is 261 g/mol. The van der Waals surface area contributed by atoms with E-state index in [9.17, 15) is 4.79 Å². The van der Waals surface area contributed by atoms with Gasteiger partial charge in [-0.3, -0.25) is 4.79 Å². The van der Waals surface area contributed by atoms with Crippen molar-refractivity contribution in [1.29, 1.82) is 0 Å². The summed E-state index contributed by atoms with van der Waals surface area (Å²) in [6.45, 7) is 12.7. The second kappa shape index (κ2) is 5.87. The standard InChI is InChI=1S/C17H27NO/c1-8-14(18-7)16(19)15-11(2)9-13(10-12(15)3)17(4,5)6/h9-10,14,18H,8H2,1-7H3. The number of nitrogens with one attached hydrogen (secondary N) is 1. The summed E-state index contributed by atoms with van der Waals surface area (Å²) in [5, 5.41) is 3.10. The molecule has 0 bridgehead atoms. The molecule has 0 fully saturated rings. The topological polar surface area (TPSA) is 29.1 Å². The molecule has 0 heterocycles. The Bertz CT molecular complexity index is 442. The number of likely N-dealkylation sites (N-methyl/N-ethyl adjacent to an activating group) is 1. The van der Waals surface area contributed by atoms with Gasteiger partial charge >= 0.3 is 0 Å². The van der Waals surface area contributed by atoms with Gasteiger partial charge in [-0.05, 0) is 49.4 Å². The Morgan fingerprint density at radius 1 is 1.21 bits per heavy atom. The lowest BCUT2D eigenvalue weighted by atomic mass is 9.82. The highest BCUT2D eigenvalue weighted by Crippen LogP contribution is 2.27.